The van der Waals surface area contributed by atoms with Crippen LogP contribution < -0.4 is 5.32 Å². The first-order chi connectivity index (χ1) is 12.2. The molecule has 0 aliphatic heterocycles. The number of rotatable bonds is 7. The molecular formula is C17H20N2O5S2. The van der Waals surface area contributed by atoms with Gasteiger partial charge < -0.3 is 10.1 Å². The molecule has 0 aliphatic rings. The lowest BCUT2D eigenvalue weighted by molar-refractivity contribution is -0.119. The first-order valence-electron chi connectivity index (χ1n) is 7.79. The van der Waals surface area contributed by atoms with Crippen LogP contribution in [0.1, 0.15) is 24.2 Å². The molecule has 0 aliphatic carbocycles. The summed E-state index contributed by atoms with van der Waals surface area (Å²) in [5, 5.41) is 5.92. The van der Waals surface area contributed by atoms with E-state index in [4.69, 9.17) is 4.74 Å². The molecule has 0 saturated heterocycles. The predicted molar refractivity (Wildman–Crippen MR) is 99.8 cm³/mol. The first kappa shape index (κ1) is 20.1. The SMILES string of the molecule is CC(C)N(C)S(=O)(=O)c1ccc(NC(=O)COC(=O)c2ccsc2)cc1. The molecule has 0 unspecified atom stereocenters. The maximum absolute atomic E-state index is 12.4. The molecule has 26 heavy (non-hydrogen) atoms. The molecule has 0 radical (unpaired) electrons. The number of thiophene rings is 1. The number of ether oxygens (including phenoxy) is 1. The van der Waals surface area contributed by atoms with Gasteiger partial charge in [-0.25, -0.2) is 13.2 Å². The van der Waals surface area contributed by atoms with Gasteiger partial charge in [0, 0.05) is 24.2 Å². The zero-order valence-electron chi connectivity index (χ0n) is 14.6. The number of amides is 1. The molecule has 7 nitrogen and oxygen atoms in total. The van der Waals surface area contributed by atoms with E-state index in [0.717, 1.165) is 0 Å². The second-order valence-corrected chi connectivity index (χ2v) is 8.55. The van der Waals surface area contributed by atoms with Crippen molar-refractivity contribution in [1.29, 1.82) is 0 Å². The molecule has 1 heterocycles. The molecule has 2 aromatic rings. The Bertz CT molecular complexity index is 859. The fraction of sp³-hybridized carbons (Fsp3) is 0.294. The van der Waals surface area contributed by atoms with E-state index in [1.165, 1.54) is 47.0 Å². The van der Waals surface area contributed by atoms with E-state index in [2.05, 4.69) is 5.32 Å². The number of hydrogen-bond donors (Lipinski definition) is 1. The maximum atomic E-state index is 12.4. The Morgan fingerprint density at radius 2 is 1.85 bits per heavy atom. The van der Waals surface area contributed by atoms with Crippen molar-refractivity contribution in [2.75, 3.05) is 19.0 Å². The van der Waals surface area contributed by atoms with Crippen LogP contribution in [0.4, 0.5) is 5.69 Å². The van der Waals surface area contributed by atoms with Gasteiger partial charge in [-0.3, -0.25) is 4.79 Å². The molecule has 0 fully saturated rings. The molecule has 1 aromatic heterocycles. The molecule has 0 saturated carbocycles. The molecule has 0 atom stereocenters. The van der Waals surface area contributed by atoms with Crippen molar-refractivity contribution in [2.45, 2.75) is 24.8 Å². The molecule has 1 aromatic carbocycles. The van der Waals surface area contributed by atoms with Gasteiger partial charge in [-0.1, -0.05) is 0 Å². The van der Waals surface area contributed by atoms with Gasteiger partial charge in [0.25, 0.3) is 5.91 Å². The number of nitrogens with one attached hydrogen (secondary N) is 1. The molecular weight excluding hydrogens is 376 g/mol. The minimum atomic E-state index is -3.58. The average Bonchev–Trinajstić information content (AvgIpc) is 3.14. The predicted octanol–water partition coefficient (Wildman–Crippen LogP) is 2.57. The van der Waals surface area contributed by atoms with Gasteiger partial charge in [0.1, 0.15) is 0 Å². The van der Waals surface area contributed by atoms with Gasteiger partial charge in [-0.05, 0) is 49.6 Å². The van der Waals surface area contributed by atoms with Crippen LogP contribution in [0.5, 0.6) is 0 Å². The van der Waals surface area contributed by atoms with Crippen LogP contribution in [-0.4, -0.2) is 44.3 Å². The van der Waals surface area contributed by atoms with Crippen LogP contribution in [0.3, 0.4) is 0 Å². The monoisotopic (exact) mass is 396 g/mol. The summed E-state index contributed by atoms with van der Waals surface area (Å²) in [5.74, 6) is -1.08. The normalized spacial score (nSPS) is 11.6. The zero-order valence-corrected chi connectivity index (χ0v) is 16.3. The summed E-state index contributed by atoms with van der Waals surface area (Å²) in [5.41, 5.74) is 0.805. The van der Waals surface area contributed by atoms with Crippen LogP contribution in [0.25, 0.3) is 0 Å². The van der Waals surface area contributed by atoms with E-state index in [1.807, 2.05) is 0 Å². The van der Waals surface area contributed by atoms with Crippen molar-refractivity contribution in [3.63, 3.8) is 0 Å². The smallest absolute Gasteiger partial charge is 0.339 e. The highest BCUT2D eigenvalue weighted by Crippen LogP contribution is 2.19. The summed E-state index contributed by atoms with van der Waals surface area (Å²) in [6.07, 6.45) is 0. The maximum Gasteiger partial charge on any atom is 0.339 e. The van der Waals surface area contributed by atoms with Gasteiger partial charge in [0.15, 0.2) is 6.61 Å². The standard InChI is InChI=1S/C17H20N2O5S2/c1-12(2)19(3)26(22,23)15-6-4-14(5-7-15)18-16(20)10-24-17(21)13-8-9-25-11-13/h4-9,11-12H,10H2,1-3H3,(H,18,20). The highest BCUT2D eigenvalue weighted by atomic mass is 32.2. The number of carbonyl (C=O) groups excluding carboxylic acids is 2. The van der Waals surface area contributed by atoms with Crippen molar-refractivity contribution in [3.8, 4) is 0 Å². The summed E-state index contributed by atoms with van der Waals surface area (Å²) in [7, 11) is -2.07. The Hall–Kier alpha value is -2.23. The summed E-state index contributed by atoms with van der Waals surface area (Å²) in [6.45, 7) is 3.14. The third-order valence-electron chi connectivity index (χ3n) is 3.63. The highest BCUT2D eigenvalue weighted by Gasteiger charge is 2.22. The Morgan fingerprint density at radius 3 is 2.38 bits per heavy atom. The largest absolute Gasteiger partial charge is 0.452 e. The van der Waals surface area contributed by atoms with E-state index in [9.17, 15) is 18.0 Å². The lowest BCUT2D eigenvalue weighted by Gasteiger charge is -2.21. The summed E-state index contributed by atoms with van der Waals surface area (Å²) in [6, 6.07) is 7.25. The number of carbonyl (C=O) groups is 2. The van der Waals surface area contributed by atoms with Crippen LogP contribution in [0.15, 0.2) is 46.0 Å². The lowest BCUT2D eigenvalue weighted by Crippen LogP contribution is -2.33. The van der Waals surface area contributed by atoms with Gasteiger partial charge in [0.2, 0.25) is 10.0 Å². The minimum absolute atomic E-state index is 0.135. The lowest BCUT2D eigenvalue weighted by atomic mass is 10.3. The zero-order chi connectivity index (χ0) is 19.3. The second kappa shape index (κ2) is 8.43. The topological polar surface area (TPSA) is 92.8 Å². The van der Waals surface area contributed by atoms with E-state index in [0.29, 0.717) is 11.3 Å². The Kier molecular flexibility index (Phi) is 6.52. The Labute approximate surface area is 156 Å². The van der Waals surface area contributed by atoms with Crippen LogP contribution >= 0.6 is 11.3 Å². The molecule has 9 heteroatoms. The molecule has 0 spiro atoms. The summed E-state index contributed by atoms with van der Waals surface area (Å²) in [4.78, 5) is 23.7. The molecule has 2 rings (SSSR count). The van der Waals surface area contributed by atoms with E-state index < -0.39 is 28.5 Å². The van der Waals surface area contributed by atoms with Crippen molar-refractivity contribution < 1.29 is 22.7 Å². The van der Waals surface area contributed by atoms with Gasteiger partial charge in [-0.2, -0.15) is 15.6 Å². The fourth-order valence-electron chi connectivity index (χ4n) is 1.95. The van der Waals surface area contributed by atoms with Crippen molar-refractivity contribution in [1.82, 2.24) is 4.31 Å². The highest BCUT2D eigenvalue weighted by molar-refractivity contribution is 7.89. The van der Waals surface area contributed by atoms with Crippen LogP contribution in [0.2, 0.25) is 0 Å². The first-order valence-corrected chi connectivity index (χ1v) is 10.2. The summed E-state index contributed by atoms with van der Waals surface area (Å²) < 4.78 is 30.9. The van der Waals surface area contributed by atoms with E-state index in [1.54, 1.807) is 30.7 Å². The molecule has 140 valence electrons. The van der Waals surface area contributed by atoms with Crippen molar-refractivity contribution >= 4 is 38.9 Å². The molecule has 1 amide bonds. The number of hydrogen-bond acceptors (Lipinski definition) is 6. The Morgan fingerprint density at radius 1 is 1.19 bits per heavy atom. The van der Waals surface area contributed by atoms with Gasteiger partial charge in [0.05, 0.1) is 10.5 Å². The third kappa shape index (κ3) is 4.90. The van der Waals surface area contributed by atoms with E-state index >= 15 is 0 Å². The minimum Gasteiger partial charge on any atom is -0.452 e. The number of benzene rings is 1. The summed E-state index contributed by atoms with van der Waals surface area (Å²) >= 11 is 1.36. The number of esters is 1. The molecule has 1 N–H and O–H groups in total. The van der Waals surface area contributed by atoms with Crippen LogP contribution in [0, 0.1) is 0 Å². The van der Waals surface area contributed by atoms with E-state index in [-0.39, 0.29) is 10.9 Å². The van der Waals surface area contributed by atoms with Crippen molar-refractivity contribution in [3.05, 3.63) is 46.7 Å². The Balaban J connectivity index is 1.94. The van der Waals surface area contributed by atoms with Crippen LogP contribution in [-0.2, 0) is 19.6 Å². The second-order valence-electron chi connectivity index (χ2n) is 5.78. The number of nitrogens with zero attached hydrogens (tertiary/aromatic N) is 1. The third-order valence-corrected chi connectivity index (χ3v) is 6.36. The number of anilines is 1. The van der Waals surface area contributed by atoms with Gasteiger partial charge >= 0.3 is 5.97 Å². The molecule has 0 bridgehead atoms. The van der Waals surface area contributed by atoms with Crippen molar-refractivity contribution in [2.24, 2.45) is 0 Å². The average molecular weight is 396 g/mol. The van der Waals surface area contributed by atoms with Gasteiger partial charge in [-0.15, -0.1) is 0 Å². The fourth-order valence-corrected chi connectivity index (χ4v) is 3.94. The quantitative estimate of drug-likeness (QED) is 0.726. The number of sulfonamides is 1.